The molecule has 0 radical (unpaired) electrons. The van der Waals surface area contributed by atoms with Crippen molar-refractivity contribution in [3.8, 4) is 5.75 Å². The van der Waals surface area contributed by atoms with Crippen molar-refractivity contribution < 1.29 is 9.90 Å². The zero-order valence-corrected chi connectivity index (χ0v) is 17.1. The number of nitrogens with one attached hydrogen (secondary N) is 2. The van der Waals surface area contributed by atoms with E-state index in [4.69, 9.17) is 4.98 Å². The van der Waals surface area contributed by atoms with E-state index in [0.29, 0.717) is 19.6 Å². The maximum Gasteiger partial charge on any atom is 0.226 e. The van der Waals surface area contributed by atoms with Crippen LogP contribution in [0.4, 0.5) is 5.82 Å². The molecule has 2 aliphatic heterocycles. The molecule has 2 aliphatic rings. The van der Waals surface area contributed by atoms with Gasteiger partial charge >= 0.3 is 0 Å². The average molecular weight is 406 g/mol. The molecule has 2 aromatic heterocycles. The third-order valence-corrected chi connectivity index (χ3v) is 6.03. The highest BCUT2D eigenvalue weighted by molar-refractivity contribution is 5.82. The lowest BCUT2D eigenvalue weighted by molar-refractivity contribution is -0.125. The Morgan fingerprint density at radius 3 is 2.80 bits per heavy atom. The number of carbonyl (C=O) groups excluding carboxylic acids is 1. The van der Waals surface area contributed by atoms with Crippen LogP contribution < -0.4 is 15.5 Å². The first kappa shape index (κ1) is 18.9. The molecule has 0 spiro atoms. The summed E-state index contributed by atoms with van der Waals surface area (Å²) in [5, 5.41) is 20.4. The molecule has 0 atom stereocenters. The second-order valence-corrected chi connectivity index (χ2v) is 8.16. The predicted octanol–water partition coefficient (Wildman–Crippen LogP) is 1.18. The minimum Gasteiger partial charge on any atom is -0.508 e. The van der Waals surface area contributed by atoms with E-state index in [9.17, 15) is 9.90 Å². The van der Waals surface area contributed by atoms with Crippen LogP contribution in [0.5, 0.6) is 5.75 Å². The Balaban J connectivity index is 1.32. The van der Waals surface area contributed by atoms with Crippen LogP contribution in [0.25, 0.3) is 5.65 Å². The maximum atomic E-state index is 12.6. The van der Waals surface area contributed by atoms with Crippen LogP contribution in [0.2, 0.25) is 0 Å². The fourth-order valence-electron chi connectivity index (χ4n) is 4.26. The van der Waals surface area contributed by atoms with E-state index < -0.39 is 0 Å². The van der Waals surface area contributed by atoms with Gasteiger partial charge < -0.3 is 20.6 Å². The first-order valence-electron chi connectivity index (χ1n) is 10.5. The number of aromatic hydroxyl groups is 1. The Bertz CT molecular complexity index is 1090. The standard InChI is InChI=1S/C22H26N6O2/c1-14-10-25-28-20(14)26-19-7-9-23-8-6-18(19)22(28)27-12-16(13-27)21(30)24-11-15-2-4-17(29)5-3-15/h2-5,10,16,23,29H,6-9,11-13H2,1H3,(H,24,30). The Morgan fingerprint density at radius 1 is 1.23 bits per heavy atom. The minimum absolute atomic E-state index is 0.0402. The number of anilines is 1. The molecule has 3 aromatic rings. The molecule has 1 saturated heterocycles. The Morgan fingerprint density at radius 2 is 2.00 bits per heavy atom. The third-order valence-electron chi connectivity index (χ3n) is 6.03. The SMILES string of the molecule is Cc1cnn2c(N3CC(C(=O)NCc4ccc(O)cc4)C3)c3c(nc12)CCNCC3. The number of nitrogens with zero attached hydrogens (tertiary/aromatic N) is 4. The molecular formula is C22H26N6O2. The van der Waals surface area contributed by atoms with Crippen molar-refractivity contribution >= 4 is 17.4 Å². The molecule has 1 fully saturated rings. The Hall–Kier alpha value is -3.13. The van der Waals surface area contributed by atoms with Gasteiger partial charge in [0.2, 0.25) is 5.91 Å². The molecule has 1 amide bonds. The van der Waals surface area contributed by atoms with Gasteiger partial charge in [-0.05, 0) is 37.6 Å². The fourth-order valence-corrected chi connectivity index (χ4v) is 4.26. The minimum atomic E-state index is -0.0402. The summed E-state index contributed by atoms with van der Waals surface area (Å²) < 4.78 is 1.95. The first-order chi connectivity index (χ1) is 14.6. The van der Waals surface area contributed by atoms with Crippen LogP contribution in [0.15, 0.2) is 30.5 Å². The van der Waals surface area contributed by atoms with Crippen LogP contribution in [0.3, 0.4) is 0 Å². The molecule has 4 heterocycles. The van der Waals surface area contributed by atoms with E-state index in [2.05, 4.69) is 20.6 Å². The summed E-state index contributed by atoms with van der Waals surface area (Å²) in [5.74, 6) is 1.34. The van der Waals surface area contributed by atoms with Gasteiger partial charge in [-0.1, -0.05) is 12.1 Å². The van der Waals surface area contributed by atoms with Crippen LogP contribution in [-0.4, -0.2) is 51.8 Å². The topological polar surface area (TPSA) is 94.8 Å². The van der Waals surface area contributed by atoms with E-state index in [0.717, 1.165) is 54.2 Å². The van der Waals surface area contributed by atoms with Crippen LogP contribution in [-0.2, 0) is 24.2 Å². The van der Waals surface area contributed by atoms with Gasteiger partial charge in [0, 0.05) is 43.7 Å². The number of amides is 1. The van der Waals surface area contributed by atoms with Gasteiger partial charge in [0.05, 0.1) is 17.8 Å². The van der Waals surface area contributed by atoms with E-state index in [-0.39, 0.29) is 17.6 Å². The number of fused-ring (bicyclic) bond motifs is 2. The van der Waals surface area contributed by atoms with Gasteiger partial charge in [-0.25, -0.2) is 4.98 Å². The van der Waals surface area contributed by atoms with Crippen LogP contribution in [0, 0.1) is 12.8 Å². The highest BCUT2D eigenvalue weighted by atomic mass is 16.3. The smallest absolute Gasteiger partial charge is 0.226 e. The molecule has 0 saturated carbocycles. The van der Waals surface area contributed by atoms with Gasteiger partial charge in [-0.3, -0.25) is 4.79 Å². The van der Waals surface area contributed by atoms with Gasteiger partial charge in [-0.15, -0.1) is 0 Å². The third kappa shape index (κ3) is 3.37. The highest BCUT2D eigenvalue weighted by Gasteiger charge is 2.36. The second-order valence-electron chi connectivity index (χ2n) is 8.16. The summed E-state index contributed by atoms with van der Waals surface area (Å²) in [4.78, 5) is 19.8. The van der Waals surface area contributed by atoms with E-state index in [1.54, 1.807) is 12.1 Å². The molecule has 8 heteroatoms. The largest absolute Gasteiger partial charge is 0.508 e. The molecule has 0 aliphatic carbocycles. The summed E-state index contributed by atoms with van der Waals surface area (Å²) in [5.41, 5.74) is 5.34. The van der Waals surface area contributed by atoms with Gasteiger partial charge in [-0.2, -0.15) is 9.61 Å². The van der Waals surface area contributed by atoms with E-state index >= 15 is 0 Å². The Kier molecular flexibility index (Phi) is 4.78. The van der Waals surface area contributed by atoms with Crippen molar-refractivity contribution in [1.82, 2.24) is 25.2 Å². The number of hydrogen-bond donors (Lipinski definition) is 3. The zero-order valence-electron chi connectivity index (χ0n) is 17.1. The van der Waals surface area contributed by atoms with Crippen molar-refractivity contribution in [3.63, 3.8) is 0 Å². The van der Waals surface area contributed by atoms with E-state index in [1.807, 2.05) is 29.8 Å². The normalized spacial score (nSPS) is 16.8. The fraction of sp³-hybridized carbons (Fsp3) is 0.409. The maximum absolute atomic E-state index is 12.6. The summed E-state index contributed by atoms with van der Waals surface area (Å²) in [7, 11) is 0. The van der Waals surface area contributed by atoms with Crippen LogP contribution >= 0.6 is 0 Å². The number of phenols is 1. The van der Waals surface area contributed by atoms with Gasteiger partial charge in [0.25, 0.3) is 0 Å². The summed E-state index contributed by atoms with van der Waals surface area (Å²) in [6, 6.07) is 6.90. The predicted molar refractivity (Wildman–Crippen MR) is 114 cm³/mol. The van der Waals surface area contributed by atoms with Crippen molar-refractivity contribution in [2.45, 2.75) is 26.3 Å². The zero-order chi connectivity index (χ0) is 20.7. The molecule has 3 N–H and O–H groups in total. The molecule has 0 bridgehead atoms. The summed E-state index contributed by atoms with van der Waals surface area (Å²) >= 11 is 0. The summed E-state index contributed by atoms with van der Waals surface area (Å²) in [6.45, 7) is 5.73. The number of phenolic OH excluding ortho intramolecular Hbond substituents is 1. The average Bonchev–Trinajstić information content (AvgIpc) is 2.92. The number of hydrogen-bond acceptors (Lipinski definition) is 6. The Labute approximate surface area is 174 Å². The summed E-state index contributed by atoms with van der Waals surface area (Å²) in [6.07, 6.45) is 3.69. The quantitative estimate of drug-likeness (QED) is 0.602. The first-order valence-corrected chi connectivity index (χ1v) is 10.5. The number of aryl methyl sites for hydroxylation is 1. The van der Waals surface area contributed by atoms with Crippen molar-refractivity contribution in [3.05, 3.63) is 52.8 Å². The lowest BCUT2D eigenvalue weighted by Gasteiger charge is -2.41. The second kappa shape index (κ2) is 7.60. The van der Waals surface area contributed by atoms with Crippen molar-refractivity contribution in [2.24, 2.45) is 5.92 Å². The number of aromatic nitrogens is 3. The van der Waals surface area contributed by atoms with Gasteiger partial charge in [0.15, 0.2) is 5.65 Å². The molecule has 1 aromatic carbocycles. The monoisotopic (exact) mass is 406 g/mol. The molecule has 5 rings (SSSR count). The number of benzene rings is 1. The molecule has 30 heavy (non-hydrogen) atoms. The van der Waals surface area contributed by atoms with Crippen molar-refractivity contribution in [1.29, 1.82) is 0 Å². The molecule has 8 nitrogen and oxygen atoms in total. The van der Waals surface area contributed by atoms with E-state index in [1.165, 1.54) is 5.56 Å². The van der Waals surface area contributed by atoms with Gasteiger partial charge in [0.1, 0.15) is 11.6 Å². The molecule has 156 valence electrons. The molecule has 0 unspecified atom stereocenters. The van der Waals surface area contributed by atoms with Crippen molar-refractivity contribution in [2.75, 3.05) is 31.1 Å². The highest BCUT2D eigenvalue weighted by Crippen LogP contribution is 2.32. The molecular weight excluding hydrogens is 380 g/mol. The lowest BCUT2D eigenvalue weighted by atomic mass is 9.97. The number of rotatable bonds is 4. The lowest BCUT2D eigenvalue weighted by Crippen LogP contribution is -2.54. The number of carbonyl (C=O) groups is 1. The van der Waals surface area contributed by atoms with Crippen LogP contribution in [0.1, 0.15) is 22.4 Å².